The summed E-state index contributed by atoms with van der Waals surface area (Å²) in [5, 5.41) is 0. The third kappa shape index (κ3) is 1.60. The van der Waals surface area contributed by atoms with Crippen molar-refractivity contribution in [3.05, 3.63) is 29.3 Å². The highest BCUT2D eigenvalue weighted by atomic mass is 16.2. The van der Waals surface area contributed by atoms with Crippen molar-refractivity contribution in [2.75, 3.05) is 18.0 Å². The van der Waals surface area contributed by atoms with Crippen molar-refractivity contribution in [1.82, 2.24) is 4.90 Å². The lowest BCUT2D eigenvalue weighted by molar-refractivity contribution is -0.141. The molecule has 4 rings (SSSR count). The van der Waals surface area contributed by atoms with Gasteiger partial charge in [0.05, 0.1) is 6.04 Å². The summed E-state index contributed by atoms with van der Waals surface area (Å²) in [4.78, 5) is 28.0. The highest BCUT2D eigenvalue weighted by molar-refractivity contribution is 6.02. The maximum Gasteiger partial charge on any atom is 0.230 e. The molecule has 3 heterocycles. The molecule has 3 aliphatic rings. The molecule has 0 N–H and O–H groups in total. The summed E-state index contributed by atoms with van der Waals surface area (Å²) in [5.74, 6) is 0.00345. The minimum Gasteiger partial charge on any atom is -0.371 e. The Balaban J connectivity index is 1.81. The van der Waals surface area contributed by atoms with Crippen molar-refractivity contribution in [1.29, 1.82) is 0 Å². The predicted octanol–water partition coefficient (Wildman–Crippen LogP) is 2.03. The first-order valence-electron chi connectivity index (χ1n) is 7.47. The molecule has 4 heteroatoms. The van der Waals surface area contributed by atoms with Gasteiger partial charge in [0, 0.05) is 31.6 Å². The monoisotopic (exact) mass is 270 g/mol. The highest BCUT2D eigenvalue weighted by Crippen LogP contribution is 2.43. The van der Waals surface area contributed by atoms with E-state index < -0.39 is 0 Å². The van der Waals surface area contributed by atoms with Crippen LogP contribution in [0.2, 0.25) is 0 Å². The molecule has 0 radical (unpaired) electrons. The standard InChI is InChI=1S/C16H18N2O2/c19-14-6-7-15(20)18(14)13-8-10-17-9-2-4-11-3-1-5-12(13)16(11)17/h1,3,5,13H,2,4,6-10H2/t13-/m0/s1. The summed E-state index contributed by atoms with van der Waals surface area (Å²) in [6, 6.07) is 6.31. The van der Waals surface area contributed by atoms with Gasteiger partial charge in [-0.1, -0.05) is 18.2 Å². The minimum absolute atomic E-state index is 0.00172. The first-order valence-corrected chi connectivity index (χ1v) is 7.47. The first-order chi connectivity index (χ1) is 9.75. The zero-order valence-electron chi connectivity index (χ0n) is 11.5. The summed E-state index contributed by atoms with van der Waals surface area (Å²) in [5.41, 5.74) is 3.84. The van der Waals surface area contributed by atoms with Crippen molar-refractivity contribution in [3.63, 3.8) is 0 Å². The van der Waals surface area contributed by atoms with Crippen LogP contribution in [0, 0.1) is 0 Å². The zero-order valence-corrected chi connectivity index (χ0v) is 11.5. The number of hydrogen-bond acceptors (Lipinski definition) is 3. The van der Waals surface area contributed by atoms with E-state index in [0.717, 1.165) is 25.9 Å². The Morgan fingerprint density at radius 2 is 1.80 bits per heavy atom. The van der Waals surface area contributed by atoms with Gasteiger partial charge in [0.15, 0.2) is 0 Å². The van der Waals surface area contributed by atoms with Crippen molar-refractivity contribution >= 4 is 17.5 Å². The SMILES string of the molecule is O=C1CCC(=O)N1[C@H]1CCN2CCCc3cccc1c32. The number of para-hydroxylation sites is 1. The van der Waals surface area contributed by atoms with E-state index in [4.69, 9.17) is 0 Å². The summed E-state index contributed by atoms with van der Waals surface area (Å²) >= 11 is 0. The van der Waals surface area contributed by atoms with E-state index in [1.807, 2.05) is 0 Å². The number of benzene rings is 1. The molecule has 1 aromatic rings. The number of aryl methyl sites for hydroxylation is 1. The third-order valence-corrected chi connectivity index (χ3v) is 4.77. The predicted molar refractivity (Wildman–Crippen MR) is 75.4 cm³/mol. The molecule has 0 bridgehead atoms. The molecule has 1 aromatic carbocycles. The summed E-state index contributed by atoms with van der Waals surface area (Å²) in [7, 11) is 0. The average molecular weight is 270 g/mol. The third-order valence-electron chi connectivity index (χ3n) is 4.77. The molecule has 0 spiro atoms. The van der Waals surface area contributed by atoms with Crippen LogP contribution in [0.25, 0.3) is 0 Å². The van der Waals surface area contributed by atoms with Crippen molar-refractivity contribution in [2.45, 2.75) is 38.1 Å². The molecule has 3 aliphatic heterocycles. The van der Waals surface area contributed by atoms with Crippen LogP contribution in [0.4, 0.5) is 5.69 Å². The van der Waals surface area contributed by atoms with Crippen LogP contribution in [0.5, 0.6) is 0 Å². The molecule has 1 atom stereocenters. The topological polar surface area (TPSA) is 40.6 Å². The van der Waals surface area contributed by atoms with Crippen molar-refractivity contribution in [2.24, 2.45) is 0 Å². The molecule has 104 valence electrons. The van der Waals surface area contributed by atoms with Gasteiger partial charge in [0.25, 0.3) is 0 Å². The van der Waals surface area contributed by atoms with E-state index in [0.29, 0.717) is 12.8 Å². The van der Waals surface area contributed by atoms with Gasteiger partial charge < -0.3 is 4.90 Å². The zero-order chi connectivity index (χ0) is 13.7. The molecule has 1 saturated heterocycles. The van der Waals surface area contributed by atoms with Crippen LogP contribution >= 0.6 is 0 Å². The maximum absolute atomic E-state index is 12.0. The van der Waals surface area contributed by atoms with E-state index >= 15 is 0 Å². The Morgan fingerprint density at radius 3 is 2.60 bits per heavy atom. The first kappa shape index (κ1) is 11.9. The summed E-state index contributed by atoms with van der Waals surface area (Å²) < 4.78 is 0. The Hall–Kier alpha value is -1.84. The quantitative estimate of drug-likeness (QED) is 0.733. The average Bonchev–Trinajstić information content (AvgIpc) is 2.80. The minimum atomic E-state index is -0.0400. The molecule has 4 nitrogen and oxygen atoms in total. The summed E-state index contributed by atoms with van der Waals surface area (Å²) in [6.45, 7) is 2.05. The molecule has 0 saturated carbocycles. The van der Waals surface area contributed by atoms with Crippen molar-refractivity contribution < 1.29 is 9.59 Å². The van der Waals surface area contributed by atoms with Gasteiger partial charge in [-0.15, -0.1) is 0 Å². The fourth-order valence-corrected chi connectivity index (χ4v) is 3.91. The lowest BCUT2D eigenvalue weighted by atomic mass is 9.88. The number of hydrogen-bond donors (Lipinski definition) is 0. The molecule has 0 unspecified atom stereocenters. The lowest BCUT2D eigenvalue weighted by Gasteiger charge is -2.42. The van der Waals surface area contributed by atoms with Gasteiger partial charge in [-0.2, -0.15) is 0 Å². The van der Waals surface area contributed by atoms with E-state index in [1.54, 1.807) is 0 Å². The van der Waals surface area contributed by atoms with Crippen LogP contribution < -0.4 is 4.90 Å². The number of rotatable bonds is 1. The second kappa shape index (κ2) is 4.33. The van der Waals surface area contributed by atoms with Crippen LogP contribution in [-0.2, 0) is 16.0 Å². The maximum atomic E-state index is 12.0. The van der Waals surface area contributed by atoms with Crippen LogP contribution in [0.3, 0.4) is 0 Å². The Bertz CT molecular complexity index is 580. The van der Waals surface area contributed by atoms with E-state index in [1.165, 1.54) is 28.1 Å². The van der Waals surface area contributed by atoms with Gasteiger partial charge in [0.1, 0.15) is 0 Å². The lowest BCUT2D eigenvalue weighted by Crippen LogP contribution is -2.42. The van der Waals surface area contributed by atoms with Crippen LogP contribution in [-0.4, -0.2) is 29.8 Å². The Labute approximate surface area is 118 Å². The Morgan fingerprint density at radius 1 is 1.00 bits per heavy atom. The normalized spacial score (nSPS) is 25.1. The molecule has 1 fully saturated rings. The van der Waals surface area contributed by atoms with E-state index in [9.17, 15) is 9.59 Å². The summed E-state index contributed by atoms with van der Waals surface area (Å²) in [6.07, 6.45) is 3.94. The molecule has 20 heavy (non-hydrogen) atoms. The second-order valence-electron chi connectivity index (χ2n) is 5.91. The second-order valence-corrected chi connectivity index (χ2v) is 5.91. The number of likely N-dealkylation sites (tertiary alicyclic amines) is 1. The molecule has 0 aromatic heterocycles. The molecule has 2 amide bonds. The number of carbonyl (C=O) groups is 2. The number of amides is 2. The van der Waals surface area contributed by atoms with Gasteiger partial charge in [-0.3, -0.25) is 14.5 Å². The van der Waals surface area contributed by atoms with Gasteiger partial charge in [-0.05, 0) is 30.4 Å². The Kier molecular flexibility index (Phi) is 2.59. The fourth-order valence-electron chi connectivity index (χ4n) is 3.91. The molecular weight excluding hydrogens is 252 g/mol. The number of carbonyl (C=O) groups excluding carboxylic acids is 2. The van der Waals surface area contributed by atoms with Gasteiger partial charge in [0.2, 0.25) is 11.8 Å². The molecule has 0 aliphatic carbocycles. The number of anilines is 1. The van der Waals surface area contributed by atoms with Gasteiger partial charge in [-0.25, -0.2) is 0 Å². The smallest absolute Gasteiger partial charge is 0.230 e. The van der Waals surface area contributed by atoms with Crippen LogP contribution in [0.1, 0.15) is 42.9 Å². The van der Waals surface area contributed by atoms with E-state index in [2.05, 4.69) is 23.1 Å². The number of nitrogens with zero attached hydrogens (tertiary/aromatic N) is 2. The van der Waals surface area contributed by atoms with E-state index in [-0.39, 0.29) is 17.9 Å². The fraction of sp³-hybridized carbons (Fsp3) is 0.500. The molecular formula is C16H18N2O2. The number of imide groups is 1. The van der Waals surface area contributed by atoms with Gasteiger partial charge >= 0.3 is 0 Å². The van der Waals surface area contributed by atoms with Crippen LogP contribution in [0.15, 0.2) is 18.2 Å². The highest BCUT2D eigenvalue weighted by Gasteiger charge is 2.40. The largest absolute Gasteiger partial charge is 0.371 e. The van der Waals surface area contributed by atoms with Crippen molar-refractivity contribution in [3.8, 4) is 0 Å².